The van der Waals surface area contributed by atoms with Crippen LogP contribution in [-0.4, -0.2) is 40.1 Å². The second-order valence-electron chi connectivity index (χ2n) is 6.11. The van der Waals surface area contributed by atoms with Gasteiger partial charge in [-0.3, -0.25) is 4.68 Å². The van der Waals surface area contributed by atoms with Gasteiger partial charge in [0.1, 0.15) is 5.82 Å². The molecule has 1 aromatic carbocycles. The number of aromatic nitrogens is 2. The van der Waals surface area contributed by atoms with Crippen LogP contribution >= 0.6 is 11.8 Å². The first-order valence-electron chi connectivity index (χ1n) is 7.92. The number of aryl methyl sites for hydroxylation is 1. The Labute approximate surface area is 145 Å². The maximum atomic E-state index is 13.8. The molecule has 2 amide bonds. The highest BCUT2D eigenvalue weighted by atomic mass is 32.2. The van der Waals surface area contributed by atoms with Crippen molar-refractivity contribution >= 4 is 23.5 Å². The average molecular weight is 348 g/mol. The second-order valence-corrected chi connectivity index (χ2v) is 6.95. The van der Waals surface area contributed by atoms with Crippen LogP contribution in [0.4, 0.5) is 14.9 Å². The van der Waals surface area contributed by atoms with Crippen molar-refractivity contribution in [2.45, 2.75) is 17.7 Å². The molecule has 1 atom stereocenters. The third-order valence-corrected chi connectivity index (χ3v) is 5.03. The van der Waals surface area contributed by atoms with Crippen LogP contribution in [0, 0.1) is 11.7 Å². The highest BCUT2D eigenvalue weighted by Gasteiger charge is 2.26. The minimum Gasteiger partial charge on any atom is -0.324 e. The third kappa shape index (κ3) is 3.90. The van der Waals surface area contributed by atoms with Gasteiger partial charge in [-0.05, 0) is 48.8 Å². The molecule has 1 aliphatic rings. The standard InChI is InChI=1S/C17H21FN4OS/c1-21-10-13(9-19-21)7-12-5-6-22(11-12)17(23)20-14-3-4-16(24-2)15(18)8-14/h3-4,8-10,12H,5-7,11H2,1-2H3,(H,20,23). The molecule has 2 aromatic rings. The lowest BCUT2D eigenvalue weighted by Crippen LogP contribution is -2.33. The molecule has 1 aliphatic heterocycles. The zero-order chi connectivity index (χ0) is 17.1. The molecule has 1 aromatic heterocycles. The number of amides is 2. The summed E-state index contributed by atoms with van der Waals surface area (Å²) in [6.07, 6.45) is 7.61. The Morgan fingerprint density at radius 1 is 1.50 bits per heavy atom. The van der Waals surface area contributed by atoms with Gasteiger partial charge in [0.15, 0.2) is 0 Å². The third-order valence-electron chi connectivity index (χ3n) is 4.26. The van der Waals surface area contributed by atoms with E-state index in [9.17, 15) is 9.18 Å². The lowest BCUT2D eigenvalue weighted by atomic mass is 10.0. The Hall–Kier alpha value is -2.02. The molecule has 0 spiro atoms. The van der Waals surface area contributed by atoms with E-state index in [4.69, 9.17) is 0 Å². The number of benzene rings is 1. The number of thioether (sulfide) groups is 1. The molecule has 24 heavy (non-hydrogen) atoms. The summed E-state index contributed by atoms with van der Waals surface area (Å²) in [7, 11) is 1.90. The molecule has 5 nitrogen and oxygen atoms in total. The predicted molar refractivity (Wildman–Crippen MR) is 93.8 cm³/mol. The van der Waals surface area contributed by atoms with Crippen molar-refractivity contribution in [1.82, 2.24) is 14.7 Å². The van der Waals surface area contributed by atoms with Crippen LogP contribution in [0.1, 0.15) is 12.0 Å². The molecular formula is C17H21FN4OS. The van der Waals surface area contributed by atoms with E-state index in [0.717, 1.165) is 19.4 Å². The Morgan fingerprint density at radius 3 is 3.00 bits per heavy atom. The lowest BCUT2D eigenvalue weighted by molar-refractivity contribution is 0.221. The van der Waals surface area contributed by atoms with E-state index in [2.05, 4.69) is 10.4 Å². The SMILES string of the molecule is CSc1ccc(NC(=O)N2CCC(Cc3cnn(C)c3)C2)cc1F. The van der Waals surface area contributed by atoms with Crippen LogP contribution in [0.2, 0.25) is 0 Å². The van der Waals surface area contributed by atoms with Crippen LogP contribution in [-0.2, 0) is 13.5 Å². The first-order chi connectivity index (χ1) is 11.5. The van der Waals surface area contributed by atoms with Crippen molar-refractivity contribution < 1.29 is 9.18 Å². The van der Waals surface area contributed by atoms with Crippen LogP contribution in [0.3, 0.4) is 0 Å². The largest absolute Gasteiger partial charge is 0.324 e. The van der Waals surface area contributed by atoms with Gasteiger partial charge in [0.05, 0.1) is 6.20 Å². The fourth-order valence-electron chi connectivity index (χ4n) is 3.04. The Balaban J connectivity index is 1.55. The van der Waals surface area contributed by atoms with E-state index in [-0.39, 0.29) is 11.8 Å². The number of nitrogens with one attached hydrogen (secondary N) is 1. The number of rotatable bonds is 4. The summed E-state index contributed by atoms with van der Waals surface area (Å²) in [6, 6.07) is 4.62. The molecule has 2 heterocycles. The molecule has 0 radical (unpaired) electrons. The molecule has 128 valence electrons. The van der Waals surface area contributed by atoms with Crippen molar-refractivity contribution in [3.8, 4) is 0 Å². The summed E-state index contributed by atoms with van der Waals surface area (Å²) < 4.78 is 15.6. The van der Waals surface area contributed by atoms with Crippen LogP contribution in [0.15, 0.2) is 35.5 Å². The van der Waals surface area contributed by atoms with Gasteiger partial charge >= 0.3 is 6.03 Å². The first kappa shape index (κ1) is 16.8. The minimum atomic E-state index is -0.309. The summed E-state index contributed by atoms with van der Waals surface area (Å²) in [4.78, 5) is 14.7. The molecule has 1 N–H and O–H groups in total. The molecule has 1 unspecified atom stereocenters. The molecule has 7 heteroatoms. The molecule has 0 bridgehead atoms. The number of urea groups is 1. The Kier molecular flexibility index (Phi) is 5.08. The summed E-state index contributed by atoms with van der Waals surface area (Å²) in [6.45, 7) is 1.44. The second kappa shape index (κ2) is 7.25. The van der Waals surface area contributed by atoms with Crippen LogP contribution in [0.5, 0.6) is 0 Å². The van der Waals surface area contributed by atoms with E-state index in [1.165, 1.54) is 23.4 Å². The number of anilines is 1. The number of hydrogen-bond acceptors (Lipinski definition) is 3. The number of carbonyl (C=O) groups is 1. The maximum absolute atomic E-state index is 13.8. The molecule has 1 saturated heterocycles. The fraction of sp³-hybridized carbons (Fsp3) is 0.412. The number of nitrogens with zero attached hydrogens (tertiary/aromatic N) is 3. The normalized spacial score (nSPS) is 17.3. The number of hydrogen-bond donors (Lipinski definition) is 1. The zero-order valence-electron chi connectivity index (χ0n) is 13.8. The lowest BCUT2D eigenvalue weighted by Gasteiger charge is -2.17. The average Bonchev–Trinajstić information content (AvgIpc) is 3.17. The van der Waals surface area contributed by atoms with Crippen molar-refractivity contribution in [3.63, 3.8) is 0 Å². The summed E-state index contributed by atoms with van der Waals surface area (Å²) in [5, 5.41) is 6.96. The zero-order valence-corrected chi connectivity index (χ0v) is 14.6. The monoisotopic (exact) mass is 348 g/mol. The smallest absolute Gasteiger partial charge is 0.321 e. The van der Waals surface area contributed by atoms with Gasteiger partial charge in [0, 0.05) is 36.9 Å². The van der Waals surface area contributed by atoms with E-state index in [1.54, 1.807) is 21.7 Å². The number of carbonyl (C=O) groups excluding carboxylic acids is 1. The predicted octanol–water partition coefficient (Wildman–Crippen LogP) is 3.38. The van der Waals surface area contributed by atoms with Gasteiger partial charge < -0.3 is 10.2 Å². The minimum absolute atomic E-state index is 0.167. The summed E-state index contributed by atoms with van der Waals surface area (Å²) in [5.41, 5.74) is 1.69. The Bertz CT molecular complexity index is 733. The molecule has 3 rings (SSSR count). The van der Waals surface area contributed by atoms with Gasteiger partial charge in [0.2, 0.25) is 0 Å². The van der Waals surface area contributed by atoms with Gasteiger partial charge in [-0.25, -0.2) is 9.18 Å². The number of halogens is 1. The van der Waals surface area contributed by atoms with Gasteiger partial charge in [0.25, 0.3) is 0 Å². The van der Waals surface area contributed by atoms with Crippen LogP contribution < -0.4 is 5.32 Å². The fourth-order valence-corrected chi connectivity index (χ4v) is 3.50. The van der Waals surface area contributed by atoms with Gasteiger partial charge in [-0.2, -0.15) is 5.10 Å². The maximum Gasteiger partial charge on any atom is 0.321 e. The first-order valence-corrected chi connectivity index (χ1v) is 9.14. The molecule has 0 aliphatic carbocycles. The topological polar surface area (TPSA) is 50.2 Å². The molecule has 1 fully saturated rings. The summed E-state index contributed by atoms with van der Waals surface area (Å²) >= 11 is 1.35. The van der Waals surface area contributed by atoms with Crippen LogP contribution in [0.25, 0.3) is 0 Å². The van der Waals surface area contributed by atoms with E-state index in [0.29, 0.717) is 23.0 Å². The van der Waals surface area contributed by atoms with Crippen molar-refractivity contribution in [1.29, 1.82) is 0 Å². The van der Waals surface area contributed by atoms with Gasteiger partial charge in [-0.1, -0.05) is 0 Å². The van der Waals surface area contributed by atoms with Crippen molar-refractivity contribution in [2.24, 2.45) is 13.0 Å². The van der Waals surface area contributed by atoms with E-state index in [1.807, 2.05) is 25.7 Å². The number of likely N-dealkylation sites (tertiary alicyclic amines) is 1. The molecular weight excluding hydrogens is 327 g/mol. The van der Waals surface area contributed by atoms with E-state index < -0.39 is 0 Å². The molecule has 0 saturated carbocycles. The van der Waals surface area contributed by atoms with Gasteiger partial charge in [-0.15, -0.1) is 11.8 Å². The van der Waals surface area contributed by atoms with Crippen molar-refractivity contribution in [3.05, 3.63) is 42.0 Å². The highest BCUT2D eigenvalue weighted by molar-refractivity contribution is 7.98. The quantitative estimate of drug-likeness (QED) is 0.862. The highest BCUT2D eigenvalue weighted by Crippen LogP contribution is 2.24. The van der Waals surface area contributed by atoms with E-state index >= 15 is 0 Å². The summed E-state index contributed by atoms with van der Waals surface area (Å²) in [5.74, 6) is 0.131. The van der Waals surface area contributed by atoms with Crippen molar-refractivity contribution in [2.75, 3.05) is 24.7 Å². The Morgan fingerprint density at radius 2 is 2.33 bits per heavy atom.